The molecule has 0 aliphatic carbocycles. The Balaban J connectivity index is 1.52. The molecule has 1 N–H and O–H groups in total. The molecule has 4 heteroatoms. The number of aryl methyl sites for hydroxylation is 1. The van der Waals surface area contributed by atoms with E-state index in [0.29, 0.717) is 6.04 Å². The molecule has 0 saturated carbocycles. The summed E-state index contributed by atoms with van der Waals surface area (Å²) in [5, 5.41) is 5.81. The molecule has 2 heterocycles. The van der Waals surface area contributed by atoms with Gasteiger partial charge in [-0.3, -0.25) is 0 Å². The Bertz CT molecular complexity index is 672. The van der Waals surface area contributed by atoms with Gasteiger partial charge in [0.05, 0.1) is 17.4 Å². The summed E-state index contributed by atoms with van der Waals surface area (Å²) in [7, 11) is 0. The number of aromatic nitrogens is 2. The van der Waals surface area contributed by atoms with Gasteiger partial charge in [-0.25, -0.2) is 4.98 Å². The van der Waals surface area contributed by atoms with Crippen molar-refractivity contribution in [1.82, 2.24) is 14.9 Å². The zero-order valence-electron chi connectivity index (χ0n) is 12.3. The summed E-state index contributed by atoms with van der Waals surface area (Å²) in [5.74, 6) is 0. The SMILES string of the molecule is CCC(NCCCn1cnc2ccccc21)c1cccs1. The van der Waals surface area contributed by atoms with Gasteiger partial charge in [0, 0.05) is 17.5 Å². The first kappa shape index (κ1) is 14.3. The Morgan fingerprint density at radius 2 is 2.14 bits per heavy atom. The molecule has 0 saturated heterocycles. The molecule has 0 radical (unpaired) electrons. The normalized spacial score (nSPS) is 12.8. The highest BCUT2D eigenvalue weighted by Gasteiger charge is 2.09. The fourth-order valence-corrected chi connectivity index (χ4v) is 3.54. The minimum absolute atomic E-state index is 0.490. The Morgan fingerprint density at radius 3 is 2.95 bits per heavy atom. The van der Waals surface area contributed by atoms with Crippen molar-refractivity contribution in [2.75, 3.05) is 6.54 Å². The van der Waals surface area contributed by atoms with E-state index in [4.69, 9.17) is 0 Å². The summed E-state index contributed by atoms with van der Waals surface area (Å²) < 4.78 is 2.24. The highest BCUT2D eigenvalue weighted by molar-refractivity contribution is 7.10. The summed E-state index contributed by atoms with van der Waals surface area (Å²) in [5.41, 5.74) is 2.30. The fourth-order valence-electron chi connectivity index (χ4n) is 2.65. The molecule has 0 aliphatic rings. The van der Waals surface area contributed by atoms with Crippen molar-refractivity contribution in [2.45, 2.75) is 32.4 Å². The summed E-state index contributed by atoms with van der Waals surface area (Å²) in [4.78, 5) is 5.87. The highest BCUT2D eigenvalue weighted by Crippen LogP contribution is 2.21. The van der Waals surface area contributed by atoms with E-state index in [1.807, 2.05) is 23.7 Å². The number of hydrogen-bond donors (Lipinski definition) is 1. The quantitative estimate of drug-likeness (QED) is 0.662. The van der Waals surface area contributed by atoms with E-state index in [1.54, 1.807) is 0 Å². The largest absolute Gasteiger partial charge is 0.331 e. The van der Waals surface area contributed by atoms with Crippen LogP contribution < -0.4 is 5.32 Å². The first-order valence-corrected chi connectivity index (χ1v) is 8.43. The van der Waals surface area contributed by atoms with Gasteiger partial charge < -0.3 is 9.88 Å². The van der Waals surface area contributed by atoms with Gasteiger partial charge in [-0.1, -0.05) is 25.1 Å². The van der Waals surface area contributed by atoms with Crippen LogP contribution in [0.2, 0.25) is 0 Å². The third kappa shape index (κ3) is 3.34. The number of para-hydroxylation sites is 2. The Labute approximate surface area is 129 Å². The van der Waals surface area contributed by atoms with Gasteiger partial charge in [-0.2, -0.15) is 0 Å². The molecule has 3 aromatic rings. The molecule has 110 valence electrons. The third-order valence-electron chi connectivity index (χ3n) is 3.79. The van der Waals surface area contributed by atoms with Crippen LogP contribution in [0.25, 0.3) is 11.0 Å². The number of rotatable bonds is 7. The van der Waals surface area contributed by atoms with E-state index >= 15 is 0 Å². The molecule has 1 atom stereocenters. The molecular formula is C17H21N3S. The van der Waals surface area contributed by atoms with Gasteiger partial charge >= 0.3 is 0 Å². The second-order valence-electron chi connectivity index (χ2n) is 5.21. The van der Waals surface area contributed by atoms with Crippen LogP contribution in [0.1, 0.15) is 30.7 Å². The van der Waals surface area contributed by atoms with E-state index in [9.17, 15) is 0 Å². The molecule has 0 aliphatic heterocycles. The molecule has 2 aromatic heterocycles. The lowest BCUT2D eigenvalue weighted by molar-refractivity contribution is 0.499. The lowest BCUT2D eigenvalue weighted by Crippen LogP contribution is -2.22. The summed E-state index contributed by atoms with van der Waals surface area (Å²) in [6, 6.07) is 13.1. The number of fused-ring (bicyclic) bond motifs is 1. The second kappa shape index (κ2) is 6.87. The lowest BCUT2D eigenvalue weighted by atomic mass is 10.2. The standard InChI is InChI=1S/C17H21N3S/c1-2-14(17-9-5-12-21-17)18-10-6-11-20-13-19-15-7-3-4-8-16(15)20/h3-5,7-9,12-14,18H,2,6,10-11H2,1H3. The Morgan fingerprint density at radius 1 is 1.24 bits per heavy atom. The smallest absolute Gasteiger partial charge is 0.0958 e. The number of benzene rings is 1. The first-order chi connectivity index (χ1) is 10.4. The molecular weight excluding hydrogens is 278 g/mol. The molecule has 3 rings (SSSR count). The average molecular weight is 299 g/mol. The van der Waals surface area contributed by atoms with E-state index in [0.717, 1.165) is 31.4 Å². The van der Waals surface area contributed by atoms with Crippen molar-refractivity contribution < 1.29 is 0 Å². The number of thiophene rings is 1. The maximum absolute atomic E-state index is 4.43. The van der Waals surface area contributed by atoms with Crippen molar-refractivity contribution in [3.05, 3.63) is 53.0 Å². The van der Waals surface area contributed by atoms with Gasteiger partial charge in [0.1, 0.15) is 0 Å². The fraction of sp³-hybridized carbons (Fsp3) is 0.353. The van der Waals surface area contributed by atoms with Crippen molar-refractivity contribution in [1.29, 1.82) is 0 Å². The zero-order valence-corrected chi connectivity index (χ0v) is 13.1. The van der Waals surface area contributed by atoms with Crippen molar-refractivity contribution in [3.8, 4) is 0 Å². The number of imidazole rings is 1. The first-order valence-electron chi connectivity index (χ1n) is 7.55. The zero-order chi connectivity index (χ0) is 14.5. The molecule has 0 bridgehead atoms. The molecule has 3 nitrogen and oxygen atoms in total. The predicted molar refractivity (Wildman–Crippen MR) is 89.7 cm³/mol. The molecule has 1 unspecified atom stereocenters. The van der Waals surface area contributed by atoms with Gasteiger partial charge in [-0.05, 0) is 43.0 Å². The van der Waals surface area contributed by atoms with Gasteiger partial charge in [0.25, 0.3) is 0 Å². The van der Waals surface area contributed by atoms with Crippen LogP contribution in [-0.2, 0) is 6.54 Å². The predicted octanol–water partition coefficient (Wildman–Crippen LogP) is 4.23. The van der Waals surface area contributed by atoms with E-state index in [-0.39, 0.29) is 0 Å². The topological polar surface area (TPSA) is 29.9 Å². The van der Waals surface area contributed by atoms with Crippen LogP contribution in [0.4, 0.5) is 0 Å². The third-order valence-corrected chi connectivity index (χ3v) is 4.77. The minimum atomic E-state index is 0.490. The van der Waals surface area contributed by atoms with Gasteiger partial charge in [-0.15, -0.1) is 11.3 Å². The van der Waals surface area contributed by atoms with Crippen LogP contribution in [0.3, 0.4) is 0 Å². The van der Waals surface area contributed by atoms with E-state index in [2.05, 4.69) is 57.5 Å². The van der Waals surface area contributed by atoms with E-state index < -0.39 is 0 Å². The van der Waals surface area contributed by atoms with Crippen LogP contribution >= 0.6 is 11.3 Å². The molecule has 0 spiro atoms. The monoisotopic (exact) mass is 299 g/mol. The second-order valence-corrected chi connectivity index (χ2v) is 6.19. The van der Waals surface area contributed by atoms with Gasteiger partial charge in [0.2, 0.25) is 0 Å². The number of nitrogens with zero attached hydrogens (tertiary/aromatic N) is 2. The van der Waals surface area contributed by atoms with Crippen LogP contribution in [0.15, 0.2) is 48.1 Å². The lowest BCUT2D eigenvalue weighted by Gasteiger charge is -2.15. The highest BCUT2D eigenvalue weighted by atomic mass is 32.1. The maximum atomic E-state index is 4.43. The molecule has 0 amide bonds. The van der Waals surface area contributed by atoms with Crippen LogP contribution in [-0.4, -0.2) is 16.1 Å². The number of nitrogens with one attached hydrogen (secondary N) is 1. The van der Waals surface area contributed by atoms with Gasteiger partial charge in [0.15, 0.2) is 0 Å². The van der Waals surface area contributed by atoms with Crippen molar-refractivity contribution >= 4 is 22.4 Å². The average Bonchev–Trinajstić information content (AvgIpc) is 3.17. The Kier molecular flexibility index (Phi) is 4.68. The van der Waals surface area contributed by atoms with Crippen LogP contribution in [0.5, 0.6) is 0 Å². The molecule has 0 fully saturated rings. The summed E-state index contributed by atoms with van der Waals surface area (Å²) in [6.07, 6.45) is 4.19. The van der Waals surface area contributed by atoms with Crippen molar-refractivity contribution in [2.24, 2.45) is 0 Å². The van der Waals surface area contributed by atoms with Crippen LogP contribution in [0, 0.1) is 0 Å². The Hall–Kier alpha value is -1.65. The summed E-state index contributed by atoms with van der Waals surface area (Å²) in [6.45, 7) is 4.28. The maximum Gasteiger partial charge on any atom is 0.0958 e. The molecule has 21 heavy (non-hydrogen) atoms. The van der Waals surface area contributed by atoms with Crippen molar-refractivity contribution in [3.63, 3.8) is 0 Å². The minimum Gasteiger partial charge on any atom is -0.331 e. The summed E-state index contributed by atoms with van der Waals surface area (Å²) >= 11 is 1.84. The van der Waals surface area contributed by atoms with E-state index in [1.165, 1.54) is 10.4 Å². The number of hydrogen-bond acceptors (Lipinski definition) is 3. The molecule has 1 aromatic carbocycles.